The van der Waals surface area contributed by atoms with Crippen molar-refractivity contribution < 1.29 is 29.0 Å². The molecule has 2 aliphatic carbocycles. The lowest BCUT2D eigenvalue weighted by Gasteiger charge is -2.51. The predicted octanol–water partition coefficient (Wildman–Crippen LogP) is 8.60. The summed E-state index contributed by atoms with van der Waals surface area (Å²) in [7, 11) is 1.43. The van der Waals surface area contributed by atoms with E-state index in [4.69, 9.17) is 27.9 Å². The number of carbonyl (C=O) groups excluding carboxylic acids is 4. The Bertz CT molecular complexity index is 2200. The van der Waals surface area contributed by atoms with Crippen molar-refractivity contribution in [3.8, 4) is 11.5 Å². The number of ether oxygens (including phenoxy) is 1. The molecule has 4 aromatic carbocycles. The Kier molecular flexibility index (Phi) is 8.45. The SMILES string of the molecule is COc1cc([C@H]2C3=CC[C@@H]4C(=O)N(c5ccc(Cl)cc5)C(=O)[C@@H]4[C@@H]3C[C@H]3C(=O)N(c4cccc(Cl)c4)C(=O)[C@@]23c2ccccc2)c(Br)c(Br)c1O. The average Bonchev–Trinajstić information content (AvgIpc) is 3.52. The molecule has 1 saturated carbocycles. The maximum atomic E-state index is 15.5. The van der Waals surface area contributed by atoms with Crippen LogP contribution in [-0.2, 0) is 24.6 Å². The zero-order valence-corrected chi connectivity index (χ0v) is 31.5. The molecular formula is C39H28Br2Cl2N2O6. The fraction of sp³-hybridized carbons (Fsp3) is 0.231. The van der Waals surface area contributed by atoms with Crippen molar-refractivity contribution in [1.29, 1.82) is 0 Å². The van der Waals surface area contributed by atoms with E-state index in [0.717, 1.165) is 5.57 Å². The van der Waals surface area contributed by atoms with Crippen LogP contribution in [0.2, 0.25) is 10.0 Å². The van der Waals surface area contributed by atoms with E-state index in [1.807, 2.05) is 36.4 Å². The van der Waals surface area contributed by atoms with E-state index in [0.29, 0.717) is 41.5 Å². The molecule has 0 unspecified atom stereocenters. The molecule has 51 heavy (non-hydrogen) atoms. The number of hydrogen-bond donors (Lipinski definition) is 1. The van der Waals surface area contributed by atoms with Gasteiger partial charge in [-0.1, -0.05) is 71.2 Å². The van der Waals surface area contributed by atoms with Crippen LogP contribution in [0.25, 0.3) is 0 Å². The number of halogens is 4. The van der Waals surface area contributed by atoms with Crippen LogP contribution < -0.4 is 14.5 Å². The zero-order valence-electron chi connectivity index (χ0n) is 26.9. The molecule has 3 fully saturated rings. The van der Waals surface area contributed by atoms with E-state index in [-0.39, 0.29) is 36.2 Å². The molecule has 6 atom stereocenters. The van der Waals surface area contributed by atoms with Crippen molar-refractivity contribution in [2.24, 2.45) is 23.7 Å². The summed E-state index contributed by atoms with van der Waals surface area (Å²) in [6, 6.07) is 24.1. The molecule has 0 radical (unpaired) electrons. The monoisotopic (exact) mass is 848 g/mol. The lowest BCUT2D eigenvalue weighted by molar-refractivity contribution is -0.127. The Hall–Kier alpha value is -3.96. The first-order valence-electron chi connectivity index (χ1n) is 16.3. The van der Waals surface area contributed by atoms with E-state index >= 15 is 4.79 Å². The van der Waals surface area contributed by atoms with Crippen LogP contribution in [-0.4, -0.2) is 35.8 Å². The van der Waals surface area contributed by atoms with E-state index < -0.39 is 46.8 Å². The maximum Gasteiger partial charge on any atom is 0.246 e. The normalized spacial score (nSPS) is 26.9. The number of rotatable bonds is 5. The minimum atomic E-state index is -1.50. The summed E-state index contributed by atoms with van der Waals surface area (Å²) in [5.74, 6) is -5.34. The zero-order chi connectivity index (χ0) is 35.9. The van der Waals surface area contributed by atoms with Gasteiger partial charge in [-0.3, -0.25) is 24.1 Å². The molecule has 0 bridgehead atoms. The third-order valence-corrected chi connectivity index (χ3v) is 13.6. The highest BCUT2D eigenvalue weighted by Crippen LogP contribution is 2.66. The van der Waals surface area contributed by atoms with Crippen molar-refractivity contribution in [3.63, 3.8) is 0 Å². The van der Waals surface area contributed by atoms with Gasteiger partial charge in [-0.2, -0.15) is 0 Å². The fourth-order valence-electron chi connectivity index (χ4n) is 8.91. The minimum absolute atomic E-state index is 0.140. The van der Waals surface area contributed by atoms with Crippen LogP contribution in [0, 0.1) is 23.7 Å². The molecular weight excluding hydrogens is 823 g/mol. The molecule has 0 spiro atoms. The van der Waals surface area contributed by atoms with Crippen molar-refractivity contribution in [2.45, 2.75) is 24.2 Å². The summed E-state index contributed by atoms with van der Waals surface area (Å²) in [4.78, 5) is 61.4. The van der Waals surface area contributed by atoms with Crippen LogP contribution in [0.5, 0.6) is 11.5 Å². The van der Waals surface area contributed by atoms with Crippen LogP contribution in [0.4, 0.5) is 11.4 Å². The van der Waals surface area contributed by atoms with Gasteiger partial charge in [0.05, 0.1) is 46.1 Å². The van der Waals surface area contributed by atoms with Gasteiger partial charge in [0.2, 0.25) is 23.6 Å². The van der Waals surface area contributed by atoms with Crippen LogP contribution in [0.3, 0.4) is 0 Å². The molecule has 8 rings (SSSR count). The highest BCUT2D eigenvalue weighted by atomic mass is 79.9. The summed E-state index contributed by atoms with van der Waals surface area (Å²) in [6.45, 7) is 0. The maximum absolute atomic E-state index is 15.5. The van der Waals surface area contributed by atoms with Crippen molar-refractivity contribution in [1.82, 2.24) is 0 Å². The molecule has 4 aromatic rings. The molecule has 4 amide bonds. The van der Waals surface area contributed by atoms with Gasteiger partial charge < -0.3 is 9.84 Å². The Morgan fingerprint density at radius 2 is 1.51 bits per heavy atom. The third-order valence-electron chi connectivity index (χ3n) is 11.0. The van der Waals surface area contributed by atoms with Crippen LogP contribution in [0.1, 0.15) is 29.9 Å². The first kappa shape index (κ1) is 34.1. The number of hydrogen-bond acceptors (Lipinski definition) is 6. The quantitative estimate of drug-likeness (QED) is 0.160. The number of fused-ring (bicyclic) bond motifs is 4. The standard InChI is InChI=1S/C39H28Br2Cl2N2O6/c1-51-29-18-27(32(40)33(41)34(29)46)31-24-14-15-25-30(37(49)44(35(25)47)22-12-10-20(42)11-13-22)26(24)17-28-36(48)45(23-9-5-8-21(43)16-23)38(50)39(28,31)19-6-3-2-4-7-19/h2-14,16,18,25-26,28,30-31,46H,15,17H2,1H3/t25-,26+,28-,30-,31+,39+/m0/s1. The van der Waals surface area contributed by atoms with Gasteiger partial charge in [0.1, 0.15) is 0 Å². The number of methoxy groups -OCH3 is 1. The summed E-state index contributed by atoms with van der Waals surface area (Å²) < 4.78 is 6.37. The van der Waals surface area contributed by atoms with Crippen molar-refractivity contribution >= 4 is 90.1 Å². The minimum Gasteiger partial charge on any atom is -0.503 e. The lowest BCUT2D eigenvalue weighted by atomic mass is 9.49. The highest BCUT2D eigenvalue weighted by molar-refractivity contribution is 9.13. The second kappa shape index (κ2) is 12.6. The first-order chi connectivity index (χ1) is 24.5. The van der Waals surface area contributed by atoms with Gasteiger partial charge >= 0.3 is 0 Å². The molecule has 2 saturated heterocycles. The molecule has 12 heteroatoms. The number of phenolic OH excluding ortho intramolecular Hbond substituents is 1. The number of nitrogens with zero attached hydrogens (tertiary/aromatic N) is 2. The molecule has 1 N–H and O–H groups in total. The van der Waals surface area contributed by atoms with Gasteiger partial charge in [0, 0.05) is 20.4 Å². The molecule has 2 heterocycles. The third kappa shape index (κ3) is 4.90. The summed E-state index contributed by atoms with van der Waals surface area (Å²) in [5.41, 5.74) is 1.22. The van der Waals surface area contributed by atoms with Crippen LogP contribution in [0.15, 0.2) is 106 Å². The Balaban J connectivity index is 1.39. The Morgan fingerprint density at radius 3 is 2.20 bits per heavy atom. The average molecular weight is 851 g/mol. The smallest absolute Gasteiger partial charge is 0.246 e. The number of phenols is 1. The topological polar surface area (TPSA) is 104 Å². The number of anilines is 2. The predicted molar refractivity (Wildman–Crippen MR) is 200 cm³/mol. The molecule has 258 valence electrons. The van der Waals surface area contributed by atoms with Gasteiger partial charge in [0.25, 0.3) is 0 Å². The van der Waals surface area contributed by atoms with E-state index in [2.05, 4.69) is 31.9 Å². The molecule has 0 aromatic heterocycles. The fourth-order valence-corrected chi connectivity index (χ4v) is 10.2. The van der Waals surface area contributed by atoms with E-state index in [1.54, 1.807) is 54.6 Å². The van der Waals surface area contributed by atoms with Crippen molar-refractivity contribution in [2.75, 3.05) is 16.9 Å². The second-order valence-corrected chi connectivity index (χ2v) is 15.7. The van der Waals surface area contributed by atoms with E-state index in [1.165, 1.54) is 16.9 Å². The summed E-state index contributed by atoms with van der Waals surface area (Å²) >= 11 is 19.8. The number of carbonyl (C=O) groups is 4. The molecule has 4 aliphatic rings. The molecule has 8 nitrogen and oxygen atoms in total. The van der Waals surface area contributed by atoms with Gasteiger partial charge in [-0.05, 0) is 110 Å². The Labute approximate surface area is 320 Å². The molecule has 2 aliphatic heterocycles. The number of benzene rings is 4. The number of imide groups is 2. The largest absolute Gasteiger partial charge is 0.503 e. The van der Waals surface area contributed by atoms with Gasteiger partial charge in [0.15, 0.2) is 11.5 Å². The van der Waals surface area contributed by atoms with Crippen LogP contribution >= 0.6 is 55.1 Å². The number of allylic oxidation sites excluding steroid dienone is 2. The number of amides is 4. The number of aromatic hydroxyl groups is 1. The first-order valence-corrected chi connectivity index (χ1v) is 18.6. The van der Waals surface area contributed by atoms with E-state index in [9.17, 15) is 19.5 Å². The summed E-state index contributed by atoms with van der Waals surface area (Å²) in [6.07, 6.45) is 2.38. The summed E-state index contributed by atoms with van der Waals surface area (Å²) in [5, 5.41) is 11.8. The highest BCUT2D eigenvalue weighted by Gasteiger charge is 2.70. The lowest BCUT2D eigenvalue weighted by Crippen LogP contribution is -2.53. The van der Waals surface area contributed by atoms with Gasteiger partial charge in [-0.15, -0.1) is 0 Å². The Morgan fingerprint density at radius 1 is 0.784 bits per heavy atom. The second-order valence-electron chi connectivity index (χ2n) is 13.2. The van der Waals surface area contributed by atoms with Gasteiger partial charge in [-0.25, -0.2) is 4.90 Å². The van der Waals surface area contributed by atoms with Crippen molar-refractivity contribution in [3.05, 3.63) is 127 Å².